The second kappa shape index (κ2) is 5.72. The molecule has 1 aromatic carbocycles. The van der Waals surface area contributed by atoms with Crippen LogP contribution in [-0.2, 0) is 0 Å². The molecule has 0 aliphatic heterocycles. The third kappa shape index (κ3) is 2.96. The molecule has 102 valence electrons. The van der Waals surface area contributed by atoms with E-state index in [9.17, 15) is 4.39 Å². The average molecular weight is 282 g/mol. The van der Waals surface area contributed by atoms with Crippen molar-refractivity contribution >= 4 is 11.6 Å². The van der Waals surface area contributed by atoms with Crippen LogP contribution in [0.1, 0.15) is 31.1 Å². The van der Waals surface area contributed by atoms with Gasteiger partial charge in [-0.3, -0.25) is 0 Å². The van der Waals surface area contributed by atoms with Crippen LogP contribution in [0.5, 0.6) is 0 Å². The van der Waals surface area contributed by atoms with Crippen LogP contribution in [0, 0.1) is 12.7 Å². The number of benzene rings is 1. The number of nitrogens with zero attached hydrogens (tertiary/aromatic N) is 2. The molecular weight excluding hydrogens is 265 g/mol. The molecule has 0 radical (unpaired) electrons. The molecule has 0 saturated carbocycles. The maximum absolute atomic E-state index is 13.5. The van der Waals surface area contributed by atoms with Gasteiger partial charge in [-0.25, -0.2) is 9.07 Å². The van der Waals surface area contributed by atoms with Gasteiger partial charge in [-0.1, -0.05) is 18.5 Å². The van der Waals surface area contributed by atoms with Crippen molar-refractivity contribution in [1.82, 2.24) is 15.1 Å². The number of nitrogens with one attached hydrogen (secondary N) is 1. The van der Waals surface area contributed by atoms with Gasteiger partial charge in [-0.15, -0.1) is 0 Å². The molecule has 2 rings (SSSR count). The standard InChI is InChI=1S/C14H17ClFN3/c1-4-17-9(2)12-7-11(16)5-6-14(12)19-8-13(15)10(3)18-19/h5-9,17H,4H2,1-3H3. The van der Waals surface area contributed by atoms with Crippen molar-refractivity contribution in [3.05, 3.63) is 46.5 Å². The summed E-state index contributed by atoms with van der Waals surface area (Å²) in [7, 11) is 0. The Balaban J connectivity index is 2.50. The molecule has 0 aliphatic carbocycles. The lowest BCUT2D eigenvalue weighted by Gasteiger charge is -2.17. The lowest BCUT2D eigenvalue weighted by molar-refractivity contribution is 0.578. The van der Waals surface area contributed by atoms with Gasteiger partial charge in [0.15, 0.2) is 0 Å². The fourth-order valence-electron chi connectivity index (χ4n) is 2.06. The van der Waals surface area contributed by atoms with Crippen molar-refractivity contribution in [3.8, 4) is 5.69 Å². The van der Waals surface area contributed by atoms with Crippen molar-refractivity contribution < 1.29 is 4.39 Å². The van der Waals surface area contributed by atoms with Crippen molar-refractivity contribution in [2.45, 2.75) is 26.8 Å². The molecule has 3 nitrogen and oxygen atoms in total. The van der Waals surface area contributed by atoms with E-state index in [4.69, 9.17) is 11.6 Å². The molecule has 0 saturated heterocycles. The number of halogens is 2. The van der Waals surface area contributed by atoms with Gasteiger partial charge in [0.25, 0.3) is 0 Å². The van der Waals surface area contributed by atoms with Crippen LogP contribution in [0.4, 0.5) is 4.39 Å². The Bertz CT molecular complexity index is 561. The lowest BCUT2D eigenvalue weighted by atomic mass is 10.1. The van der Waals surface area contributed by atoms with Gasteiger partial charge >= 0.3 is 0 Å². The molecule has 0 bridgehead atoms. The third-order valence-electron chi connectivity index (χ3n) is 3.05. The van der Waals surface area contributed by atoms with Gasteiger partial charge in [0.2, 0.25) is 0 Å². The SMILES string of the molecule is CCNC(C)c1cc(F)ccc1-n1cc(Cl)c(C)n1. The molecule has 2 aromatic rings. The summed E-state index contributed by atoms with van der Waals surface area (Å²) >= 11 is 6.03. The summed E-state index contributed by atoms with van der Waals surface area (Å²) in [5.41, 5.74) is 2.46. The van der Waals surface area contributed by atoms with Crippen LogP contribution in [0.25, 0.3) is 5.69 Å². The van der Waals surface area contributed by atoms with Crippen LogP contribution < -0.4 is 5.32 Å². The highest BCUT2D eigenvalue weighted by Crippen LogP contribution is 2.24. The smallest absolute Gasteiger partial charge is 0.123 e. The summed E-state index contributed by atoms with van der Waals surface area (Å²) in [5.74, 6) is -0.251. The summed E-state index contributed by atoms with van der Waals surface area (Å²) in [6, 6.07) is 4.73. The number of hydrogen-bond acceptors (Lipinski definition) is 2. The minimum Gasteiger partial charge on any atom is -0.310 e. The fourth-order valence-corrected chi connectivity index (χ4v) is 2.19. The Kier molecular flexibility index (Phi) is 4.22. The summed E-state index contributed by atoms with van der Waals surface area (Å²) in [4.78, 5) is 0. The van der Waals surface area contributed by atoms with E-state index in [-0.39, 0.29) is 11.9 Å². The molecule has 0 amide bonds. The van der Waals surface area contributed by atoms with Crippen LogP contribution in [0.2, 0.25) is 5.02 Å². The van der Waals surface area contributed by atoms with Crippen molar-refractivity contribution in [2.75, 3.05) is 6.54 Å². The van der Waals surface area contributed by atoms with Crippen molar-refractivity contribution in [1.29, 1.82) is 0 Å². The fraction of sp³-hybridized carbons (Fsp3) is 0.357. The minimum absolute atomic E-state index is 0.0407. The normalized spacial score (nSPS) is 12.7. The largest absolute Gasteiger partial charge is 0.310 e. The van der Waals surface area contributed by atoms with E-state index < -0.39 is 0 Å². The van der Waals surface area contributed by atoms with Crippen LogP contribution in [-0.4, -0.2) is 16.3 Å². The molecule has 1 aromatic heterocycles. The lowest BCUT2D eigenvalue weighted by Crippen LogP contribution is -2.19. The molecular formula is C14H17ClFN3. The Morgan fingerprint density at radius 1 is 1.47 bits per heavy atom. The first-order valence-corrected chi connectivity index (χ1v) is 6.65. The first-order chi connectivity index (χ1) is 9.02. The number of hydrogen-bond donors (Lipinski definition) is 1. The highest BCUT2D eigenvalue weighted by molar-refractivity contribution is 6.31. The first-order valence-electron chi connectivity index (χ1n) is 6.28. The van der Waals surface area contributed by atoms with Crippen molar-refractivity contribution in [2.24, 2.45) is 0 Å². The second-order valence-corrected chi connectivity index (χ2v) is 4.90. The second-order valence-electron chi connectivity index (χ2n) is 4.49. The zero-order valence-corrected chi connectivity index (χ0v) is 12.0. The van der Waals surface area contributed by atoms with E-state index in [1.807, 2.05) is 20.8 Å². The molecule has 0 spiro atoms. The molecule has 1 unspecified atom stereocenters. The summed E-state index contributed by atoms with van der Waals surface area (Å²) in [6.07, 6.45) is 1.74. The van der Waals surface area contributed by atoms with Crippen molar-refractivity contribution in [3.63, 3.8) is 0 Å². The monoisotopic (exact) mass is 281 g/mol. The highest BCUT2D eigenvalue weighted by atomic mass is 35.5. The van der Waals surface area contributed by atoms with Crippen LogP contribution in [0.15, 0.2) is 24.4 Å². The van der Waals surface area contributed by atoms with E-state index in [2.05, 4.69) is 10.4 Å². The third-order valence-corrected chi connectivity index (χ3v) is 3.42. The molecule has 0 fully saturated rings. The maximum Gasteiger partial charge on any atom is 0.123 e. The predicted molar refractivity (Wildman–Crippen MR) is 75.4 cm³/mol. The predicted octanol–water partition coefficient (Wildman–Crippen LogP) is 3.64. The number of aryl methyl sites for hydroxylation is 1. The molecule has 19 heavy (non-hydrogen) atoms. The van der Waals surface area contributed by atoms with E-state index in [0.717, 1.165) is 23.5 Å². The zero-order valence-electron chi connectivity index (χ0n) is 11.2. The Hall–Kier alpha value is -1.39. The summed E-state index contributed by atoms with van der Waals surface area (Å²) < 4.78 is 15.2. The van der Waals surface area contributed by atoms with E-state index in [1.54, 1.807) is 16.9 Å². The Morgan fingerprint density at radius 3 is 2.79 bits per heavy atom. The van der Waals surface area contributed by atoms with E-state index in [1.165, 1.54) is 12.1 Å². The summed E-state index contributed by atoms with van der Waals surface area (Å²) in [6.45, 7) is 6.68. The minimum atomic E-state index is -0.251. The van der Waals surface area contributed by atoms with Gasteiger partial charge in [0.05, 0.1) is 16.4 Å². The first kappa shape index (κ1) is 14.0. The van der Waals surface area contributed by atoms with Crippen LogP contribution >= 0.6 is 11.6 Å². The Morgan fingerprint density at radius 2 is 2.21 bits per heavy atom. The van der Waals surface area contributed by atoms with Gasteiger partial charge in [0.1, 0.15) is 5.82 Å². The molecule has 1 heterocycles. The van der Waals surface area contributed by atoms with Crippen LogP contribution in [0.3, 0.4) is 0 Å². The quantitative estimate of drug-likeness (QED) is 0.927. The maximum atomic E-state index is 13.5. The zero-order chi connectivity index (χ0) is 14.0. The van der Waals surface area contributed by atoms with Gasteiger partial charge in [0, 0.05) is 12.2 Å². The topological polar surface area (TPSA) is 29.9 Å². The highest BCUT2D eigenvalue weighted by Gasteiger charge is 2.14. The van der Waals surface area contributed by atoms with Gasteiger partial charge in [-0.2, -0.15) is 5.10 Å². The molecule has 5 heteroatoms. The average Bonchev–Trinajstić information content (AvgIpc) is 2.69. The van der Waals surface area contributed by atoms with Gasteiger partial charge in [-0.05, 0) is 44.2 Å². The molecule has 0 aliphatic rings. The molecule has 1 atom stereocenters. The summed E-state index contributed by atoms with van der Waals surface area (Å²) in [5, 5.41) is 8.23. The van der Waals surface area contributed by atoms with E-state index in [0.29, 0.717) is 5.02 Å². The van der Waals surface area contributed by atoms with E-state index >= 15 is 0 Å². The van der Waals surface area contributed by atoms with Gasteiger partial charge < -0.3 is 5.32 Å². The molecule has 1 N–H and O–H groups in total. The number of aromatic nitrogens is 2. The Labute approximate surface area is 117 Å². The number of rotatable bonds is 4.